The summed E-state index contributed by atoms with van der Waals surface area (Å²) in [6, 6.07) is 56.8. The molecule has 45 heavy (non-hydrogen) atoms. The Morgan fingerprint density at radius 2 is 0.844 bits per heavy atom. The Kier molecular flexibility index (Phi) is 7.02. The molecule has 0 aliphatic heterocycles. The van der Waals surface area contributed by atoms with Crippen LogP contribution in [0, 0.1) is 0 Å². The van der Waals surface area contributed by atoms with Crippen molar-refractivity contribution in [3.8, 4) is 66.7 Å². The van der Waals surface area contributed by atoms with E-state index in [9.17, 15) is 0 Å². The first-order valence-electron chi connectivity index (χ1n) is 14.9. The maximum absolute atomic E-state index is 5.10. The molecule has 0 saturated heterocycles. The van der Waals surface area contributed by atoms with E-state index in [0.717, 1.165) is 55.3 Å². The van der Waals surface area contributed by atoms with Crippen molar-refractivity contribution >= 4 is 21.6 Å². The van der Waals surface area contributed by atoms with Crippen molar-refractivity contribution in [3.05, 3.63) is 164 Å². The summed E-state index contributed by atoms with van der Waals surface area (Å²) in [6.07, 6.45) is 0. The Balaban J connectivity index is 1.18. The first-order chi connectivity index (χ1) is 22.3. The number of aromatic nitrogens is 3. The molecule has 4 heteroatoms. The van der Waals surface area contributed by atoms with Gasteiger partial charge in [-0.25, -0.2) is 15.0 Å². The Bertz CT molecular complexity index is 2240. The fourth-order valence-corrected chi connectivity index (χ4v) is 6.54. The summed E-state index contributed by atoms with van der Waals surface area (Å²) in [6.45, 7) is 0. The summed E-state index contributed by atoms with van der Waals surface area (Å²) in [5.74, 6) is 0.703. The van der Waals surface area contributed by atoms with Gasteiger partial charge in [-0.1, -0.05) is 140 Å². The predicted molar refractivity (Wildman–Crippen MR) is 188 cm³/mol. The Hall–Kier alpha value is -5.71. The monoisotopic (exact) mass is 593 g/mol. The van der Waals surface area contributed by atoms with Crippen LogP contribution in [0.4, 0.5) is 0 Å². The zero-order chi connectivity index (χ0) is 30.0. The van der Waals surface area contributed by atoms with E-state index >= 15 is 0 Å². The highest BCUT2D eigenvalue weighted by Crippen LogP contribution is 2.35. The molecule has 0 saturated carbocycles. The lowest BCUT2D eigenvalue weighted by Gasteiger charge is -2.11. The van der Waals surface area contributed by atoms with Crippen molar-refractivity contribution < 1.29 is 0 Å². The van der Waals surface area contributed by atoms with Gasteiger partial charge < -0.3 is 0 Å². The largest absolute Gasteiger partial charge is 0.236 e. The van der Waals surface area contributed by atoms with Crippen molar-refractivity contribution in [2.45, 2.75) is 0 Å². The highest BCUT2D eigenvalue weighted by atomic mass is 32.1. The molecule has 6 aromatic carbocycles. The SMILES string of the molecule is c1ccc(-c2ccc(-c3nc(-c4ccccc4)cc(-c4cccc(-c5ccc6sc(-c7ccccc7)nc6c5)c4)n3)cc2)cc1. The lowest BCUT2D eigenvalue weighted by atomic mass is 10.00. The van der Waals surface area contributed by atoms with E-state index in [2.05, 4.69) is 133 Å². The van der Waals surface area contributed by atoms with Crippen molar-refractivity contribution in [3.63, 3.8) is 0 Å². The zero-order valence-electron chi connectivity index (χ0n) is 24.3. The topological polar surface area (TPSA) is 38.7 Å². The smallest absolute Gasteiger partial charge is 0.160 e. The third-order valence-electron chi connectivity index (χ3n) is 7.95. The first-order valence-corrected chi connectivity index (χ1v) is 15.8. The second kappa shape index (κ2) is 11.8. The number of benzene rings is 6. The Morgan fingerprint density at radius 3 is 1.56 bits per heavy atom. The minimum atomic E-state index is 0.703. The van der Waals surface area contributed by atoms with Crippen LogP contribution in [0.25, 0.3) is 76.9 Å². The van der Waals surface area contributed by atoms with Crippen LogP contribution < -0.4 is 0 Å². The van der Waals surface area contributed by atoms with Gasteiger partial charge in [0.1, 0.15) is 5.01 Å². The molecule has 8 aromatic rings. The molecule has 3 nitrogen and oxygen atoms in total. The van der Waals surface area contributed by atoms with Gasteiger partial charge in [-0.15, -0.1) is 11.3 Å². The van der Waals surface area contributed by atoms with E-state index in [-0.39, 0.29) is 0 Å². The molecule has 0 fully saturated rings. The maximum atomic E-state index is 5.10. The van der Waals surface area contributed by atoms with E-state index in [0.29, 0.717) is 5.82 Å². The van der Waals surface area contributed by atoms with Gasteiger partial charge in [0.2, 0.25) is 0 Å². The molecule has 0 bridgehead atoms. The fraction of sp³-hybridized carbons (Fsp3) is 0. The number of fused-ring (bicyclic) bond motifs is 1. The number of hydrogen-bond acceptors (Lipinski definition) is 4. The van der Waals surface area contributed by atoms with Crippen LogP contribution >= 0.6 is 11.3 Å². The van der Waals surface area contributed by atoms with Gasteiger partial charge in [0, 0.05) is 22.3 Å². The molecule has 0 aliphatic rings. The summed E-state index contributed by atoms with van der Waals surface area (Å²) >= 11 is 1.72. The third-order valence-corrected chi connectivity index (χ3v) is 9.03. The third kappa shape index (κ3) is 5.55. The Morgan fingerprint density at radius 1 is 0.333 bits per heavy atom. The molecule has 0 spiro atoms. The van der Waals surface area contributed by atoms with Gasteiger partial charge in [-0.2, -0.15) is 0 Å². The van der Waals surface area contributed by atoms with Crippen LogP contribution in [0.2, 0.25) is 0 Å². The van der Waals surface area contributed by atoms with E-state index in [1.54, 1.807) is 11.3 Å². The number of nitrogens with zero attached hydrogens (tertiary/aromatic N) is 3. The van der Waals surface area contributed by atoms with Gasteiger partial charge in [0.25, 0.3) is 0 Å². The summed E-state index contributed by atoms with van der Waals surface area (Å²) in [4.78, 5) is 15.1. The maximum Gasteiger partial charge on any atom is 0.160 e. The molecule has 8 rings (SSSR count). The molecule has 0 aliphatic carbocycles. The zero-order valence-corrected chi connectivity index (χ0v) is 25.2. The number of rotatable bonds is 6. The van der Waals surface area contributed by atoms with E-state index in [1.807, 2.05) is 30.3 Å². The summed E-state index contributed by atoms with van der Waals surface area (Å²) in [5, 5.41) is 1.04. The van der Waals surface area contributed by atoms with Crippen LogP contribution in [-0.4, -0.2) is 15.0 Å². The average molecular weight is 594 g/mol. The second-order valence-corrected chi connectivity index (χ2v) is 12.0. The lowest BCUT2D eigenvalue weighted by molar-refractivity contribution is 1.18. The van der Waals surface area contributed by atoms with Crippen molar-refractivity contribution in [1.29, 1.82) is 0 Å². The summed E-state index contributed by atoms with van der Waals surface area (Å²) in [5.41, 5.74) is 11.6. The van der Waals surface area contributed by atoms with Crippen LogP contribution in [0.5, 0.6) is 0 Å². The highest BCUT2D eigenvalue weighted by molar-refractivity contribution is 7.21. The molecule has 0 radical (unpaired) electrons. The predicted octanol–water partition coefficient (Wildman–Crippen LogP) is 11.1. The average Bonchev–Trinajstić information content (AvgIpc) is 3.57. The van der Waals surface area contributed by atoms with Crippen LogP contribution in [0.1, 0.15) is 0 Å². The quantitative estimate of drug-likeness (QED) is 0.192. The minimum Gasteiger partial charge on any atom is -0.236 e. The summed E-state index contributed by atoms with van der Waals surface area (Å²) < 4.78 is 1.18. The van der Waals surface area contributed by atoms with Gasteiger partial charge in [-0.05, 0) is 46.5 Å². The highest BCUT2D eigenvalue weighted by Gasteiger charge is 2.13. The van der Waals surface area contributed by atoms with E-state index in [1.165, 1.54) is 15.8 Å². The molecule has 212 valence electrons. The number of thiazole rings is 1. The van der Waals surface area contributed by atoms with Crippen molar-refractivity contribution in [2.24, 2.45) is 0 Å². The Labute approximate surface area is 266 Å². The first kappa shape index (κ1) is 26.9. The lowest BCUT2D eigenvalue weighted by Crippen LogP contribution is -1.96. The van der Waals surface area contributed by atoms with Crippen LogP contribution in [-0.2, 0) is 0 Å². The molecular formula is C41H27N3S. The number of hydrogen-bond donors (Lipinski definition) is 0. The van der Waals surface area contributed by atoms with Crippen LogP contribution in [0.15, 0.2) is 164 Å². The van der Waals surface area contributed by atoms with E-state index in [4.69, 9.17) is 15.0 Å². The normalized spacial score (nSPS) is 11.1. The minimum absolute atomic E-state index is 0.703. The molecule has 0 unspecified atom stereocenters. The van der Waals surface area contributed by atoms with E-state index < -0.39 is 0 Å². The van der Waals surface area contributed by atoms with Gasteiger partial charge >= 0.3 is 0 Å². The standard InChI is InChI=1S/C41H27N3S/c1-4-11-28(12-5-1)29-19-21-31(22-20-29)40-42-36(30-13-6-2-7-14-30)27-37(43-40)35-18-10-17-33(25-35)34-23-24-39-38(26-34)44-41(45-39)32-15-8-3-9-16-32/h1-27H. The molecular weight excluding hydrogens is 567 g/mol. The molecule has 0 amide bonds. The van der Waals surface area contributed by atoms with Gasteiger partial charge in [-0.3, -0.25) is 0 Å². The van der Waals surface area contributed by atoms with Crippen molar-refractivity contribution in [2.75, 3.05) is 0 Å². The van der Waals surface area contributed by atoms with Crippen LogP contribution in [0.3, 0.4) is 0 Å². The van der Waals surface area contributed by atoms with Gasteiger partial charge in [0.15, 0.2) is 5.82 Å². The molecule has 0 atom stereocenters. The summed E-state index contributed by atoms with van der Waals surface area (Å²) in [7, 11) is 0. The molecule has 2 aromatic heterocycles. The fourth-order valence-electron chi connectivity index (χ4n) is 5.59. The molecule has 2 heterocycles. The second-order valence-electron chi connectivity index (χ2n) is 10.9. The van der Waals surface area contributed by atoms with Gasteiger partial charge in [0.05, 0.1) is 21.6 Å². The molecule has 0 N–H and O–H groups in total. The van der Waals surface area contributed by atoms with Crippen molar-refractivity contribution in [1.82, 2.24) is 15.0 Å².